The fourth-order valence-electron chi connectivity index (χ4n) is 2.92. The van der Waals surface area contributed by atoms with Crippen LogP contribution in [0.25, 0.3) is 0 Å². The molecule has 1 aliphatic rings. The van der Waals surface area contributed by atoms with Gasteiger partial charge in [-0.05, 0) is 41.8 Å². The third kappa shape index (κ3) is 5.13. The van der Waals surface area contributed by atoms with Gasteiger partial charge in [-0.25, -0.2) is 0 Å². The second kappa shape index (κ2) is 8.76. The zero-order valence-corrected chi connectivity index (χ0v) is 14.3. The summed E-state index contributed by atoms with van der Waals surface area (Å²) >= 11 is 0. The fourth-order valence-corrected chi connectivity index (χ4v) is 2.92. The Hall–Kier alpha value is -2.21. The fraction of sp³-hybridized carbons (Fsp3) is 0.350. The Balaban J connectivity index is 1.62. The molecule has 1 heterocycles. The molecule has 0 aromatic heterocycles. The molecule has 5 heteroatoms. The number of hydrogen-bond donors (Lipinski definition) is 2. The molecule has 0 saturated carbocycles. The molecule has 0 bridgehead atoms. The van der Waals surface area contributed by atoms with E-state index in [1.165, 1.54) is 0 Å². The van der Waals surface area contributed by atoms with E-state index in [1.54, 1.807) is 0 Å². The first kappa shape index (κ1) is 17.6. The lowest BCUT2D eigenvalue weighted by Gasteiger charge is -2.26. The Bertz CT molecular complexity index is 694. The molecule has 1 fully saturated rings. The van der Waals surface area contributed by atoms with Crippen LogP contribution in [0, 0.1) is 0 Å². The first-order chi connectivity index (χ1) is 12.2. The molecule has 0 atom stereocenters. The van der Waals surface area contributed by atoms with Crippen LogP contribution >= 0.6 is 0 Å². The van der Waals surface area contributed by atoms with Crippen molar-refractivity contribution < 1.29 is 14.6 Å². The van der Waals surface area contributed by atoms with Crippen molar-refractivity contribution in [3.8, 4) is 0 Å². The van der Waals surface area contributed by atoms with Crippen molar-refractivity contribution in [3.05, 3.63) is 65.2 Å². The molecular weight excluding hydrogens is 316 g/mol. The predicted octanol–water partition coefficient (Wildman–Crippen LogP) is 2.31. The molecule has 0 radical (unpaired) electrons. The standard InChI is InChI=1S/C20H24N2O3/c23-11-8-16-4-6-19(7-5-16)21-20(24)18-3-1-2-17(14-18)15-22-9-12-25-13-10-22/h1-7,14,23H,8-13,15H2,(H,21,24). The highest BCUT2D eigenvalue weighted by molar-refractivity contribution is 6.04. The summed E-state index contributed by atoms with van der Waals surface area (Å²) in [6.45, 7) is 4.36. The molecule has 3 rings (SSSR count). The quantitative estimate of drug-likeness (QED) is 0.847. The second-order valence-electron chi connectivity index (χ2n) is 6.21. The number of rotatable bonds is 6. The third-order valence-electron chi connectivity index (χ3n) is 4.31. The largest absolute Gasteiger partial charge is 0.396 e. The minimum absolute atomic E-state index is 0.112. The van der Waals surface area contributed by atoms with E-state index >= 15 is 0 Å². The lowest BCUT2D eigenvalue weighted by molar-refractivity contribution is 0.0342. The highest BCUT2D eigenvalue weighted by Crippen LogP contribution is 2.14. The van der Waals surface area contributed by atoms with Crippen LogP contribution in [0.1, 0.15) is 21.5 Å². The average molecular weight is 340 g/mol. The minimum Gasteiger partial charge on any atom is -0.396 e. The Labute approximate surface area is 148 Å². The summed E-state index contributed by atoms with van der Waals surface area (Å²) in [7, 11) is 0. The number of nitrogens with one attached hydrogen (secondary N) is 1. The maximum Gasteiger partial charge on any atom is 0.255 e. The van der Waals surface area contributed by atoms with E-state index in [9.17, 15) is 4.79 Å². The molecule has 2 aromatic rings. The number of aliphatic hydroxyl groups excluding tert-OH is 1. The maximum atomic E-state index is 12.5. The first-order valence-corrected chi connectivity index (χ1v) is 8.65. The van der Waals surface area contributed by atoms with E-state index in [1.807, 2.05) is 42.5 Å². The SMILES string of the molecule is O=C(Nc1ccc(CCO)cc1)c1cccc(CN2CCOCC2)c1. The zero-order chi connectivity index (χ0) is 17.5. The van der Waals surface area contributed by atoms with E-state index in [4.69, 9.17) is 9.84 Å². The topological polar surface area (TPSA) is 61.8 Å². The number of nitrogens with zero attached hydrogens (tertiary/aromatic N) is 1. The van der Waals surface area contributed by atoms with Crippen molar-refractivity contribution in [3.63, 3.8) is 0 Å². The number of hydrogen-bond acceptors (Lipinski definition) is 4. The van der Waals surface area contributed by atoms with Crippen LogP contribution in [-0.4, -0.2) is 48.8 Å². The Kier molecular flexibility index (Phi) is 6.17. The highest BCUT2D eigenvalue weighted by atomic mass is 16.5. The van der Waals surface area contributed by atoms with Crippen molar-refractivity contribution in [2.45, 2.75) is 13.0 Å². The molecule has 0 aliphatic carbocycles. The monoisotopic (exact) mass is 340 g/mol. The van der Waals surface area contributed by atoms with Crippen LogP contribution in [0.2, 0.25) is 0 Å². The van der Waals surface area contributed by atoms with E-state index in [0.717, 1.165) is 49.7 Å². The van der Waals surface area contributed by atoms with E-state index in [2.05, 4.69) is 16.3 Å². The van der Waals surface area contributed by atoms with E-state index < -0.39 is 0 Å². The molecule has 1 aliphatic heterocycles. The summed E-state index contributed by atoms with van der Waals surface area (Å²) < 4.78 is 5.37. The van der Waals surface area contributed by atoms with E-state index in [-0.39, 0.29) is 12.5 Å². The van der Waals surface area contributed by atoms with Gasteiger partial charge in [-0.2, -0.15) is 0 Å². The van der Waals surface area contributed by atoms with Crippen LogP contribution in [0.15, 0.2) is 48.5 Å². The smallest absolute Gasteiger partial charge is 0.255 e. The van der Waals surface area contributed by atoms with E-state index in [0.29, 0.717) is 12.0 Å². The highest BCUT2D eigenvalue weighted by Gasteiger charge is 2.12. The summed E-state index contributed by atoms with van der Waals surface area (Å²) in [5.74, 6) is -0.112. The summed E-state index contributed by atoms with van der Waals surface area (Å²) in [5, 5.41) is 11.9. The van der Waals surface area contributed by atoms with Crippen molar-refractivity contribution in [2.24, 2.45) is 0 Å². The normalized spacial score (nSPS) is 15.1. The summed E-state index contributed by atoms with van der Waals surface area (Å²) in [5.41, 5.74) is 3.59. The summed E-state index contributed by atoms with van der Waals surface area (Å²) in [6, 6.07) is 15.3. The minimum atomic E-state index is -0.112. The Morgan fingerprint density at radius 2 is 1.84 bits per heavy atom. The number of carbonyl (C=O) groups is 1. The maximum absolute atomic E-state index is 12.5. The van der Waals surface area contributed by atoms with Gasteiger partial charge in [0.25, 0.3) is 5.91 Å². The van der Waals surface area contributed by atoms with Gasteiger partial charge < -0.3 is 15.2 Å². The van der Waals surface area contributed by atoms with Crippen molar-refractivity contribution in [2.75, 3.05) is 38.2 Å². The van der Waals surface area contributed by atoms with Crippen LogP contribution < -0.4 is 5.32 Å². The number of benzene rings is 2. The average Bonchev–Trinajstić information content (AvgIpc) is 2.65. The molecule has 132 valence electrons. The van der Waals surface area contributed by atoms with Gasteiger partial charge in [0.05, 0.1) is 13.2 Å². The van der Waals surface area contributed by atoms with Gasteiger partial charge in [0, 0.05) is 37.5 Å². The third-order valence-corrected chi connectivity index (χ3v) is 4.31. The molecule has 1 amide bonds. The van der Waals surface area contributed by atoms with Crippen molar-refractivity contribution >= 4 is 11.6 Å². The van der Waals surface area contributed by atoms with Gasteiger partial charge in [0.15, 0.2) is 0 Å². The van der Waals surface area contributed by atoms with Crippen LogP contribution in [0.3, 0.4) is 0 Å². The zero-order valence-electron chi connectivity index (χ0n) is 14.3. The van der Waals surface area contributed by atoms with Crippen LogP contribution in [-0.2, 0) is 17.7 Å². The van der Waals surface area contributed by atoms with Gasteiger partial charge in [-0.1, -0.05) is 24.3 Å². The van der Waals surface area contributed by atoms with Crippen molar-refractivity contribution in [1.82, 2.24) is 4.90 Å². The molecule has 2 N–H and O–H groups in total. The molecule has 2 aromatic carbocycles. The Morgan fingerprint density at radius 1 is 1.08 bits per heavy atom. The lowest BCUT2D eigenvalue weighted by atomic mass is 10.1. The number of morpholine rings is 1. The summed E-state index contributed by atoms with van der Waals surface area (Å²) in [4.78, 5) is 14.8. The number of ether oxygens (including phenoxy) is 1. The molecular formula is C20H24N2O3. The number of aliphatic hydroxyl groups is 1. The van der Waals surface area contributed by atoms with Gasteiger partial charge in [0.2, 0.25) is 0 Å². The Morgan fingerprint density at radius 3 is 2.56 bits per heavy atom. The second-order valence-corrected chi connectivity index (χ2v) is 6.21. The van der Waals surface area contributed by atoms with Crippen LogP contribution in [0.4, 0.5) is 5.69 Å². The lowest BCUT2D eigenvalue weighted by Crippen LogP contribution is -2.35. The van der Waals surface area contributed by atoms with Gasteiger partial charge in [0.1, 0.15) is 0 Å². The van der Waals surface area contributed by atoms with Gasteiger partial charge in [-0.3, -0.25) is 9.69 Å². The molecule has 0 unspecified atom stereocenters. The first-order valence-electron chi connectivity index (χ1n) is 8.65. The van der Waals surface area contributed by atoms with Crippen molar-refractivity contribution in [1.29, 1.82) is 0 Å². The molecule has 25 heavy (non-hydrogen) atoms. The van der Waals surface area contributed by atoms with Gasteiger partial charge in [-0.15, -0.1) is 0 Å². The number of carbonyl (C=O) groups excluding carboxylic acids is 1. The number of anilines is 1. The molecule has 0 spiro atoms. The molecule has 5 nitrogen and oxygen atoms in total. The molecule has 1 saturated heterocycles. The number of amides is 1. The van der Waals surface area contributed by atoms with Gasteiger partial charge >= 0.3 is 0 Å². The summed E-state index contributed by atoms with van der Waals surface area (Å²) in [6.07, 6.45) is 0.623. The van der Waals surface area contributed by atoms with Crippen LogP contribution in [0.5, 0.6) is 0 Å². The predicted molar refractivity (Wildman–Crippen MR) is 97.7 cm³/mol.